The van der Waals surface area contributed by atoms with Gasteiger partial charge in [-0.1, -0.05) is 55.0 Å². The summed E-state index contributed by atoms with van der Waals surface area (Å²) >= 11 is 0. The van der Waals surface area contributed by atoms with Crippen molar-refractivity contribution in [3.63, 3.8) is 0 Å². The molecule has 0 amide bonds. The maximum Gasteiger partial charge on any atom is 0.166 e. The fourth-order valence-electron chi connectivity index (χ4n) is 8.66. The first-order chi connectivity index (χ1) is 19.4. The van der Waals surface area contributed by atoms with Crippen molar-refractivity contribution in [2.75, 3.05) is 6.54 Å². The number of hydrogen-bond acceptors (Lipinski definition) is 4. The Morgan fingerprint density at radius 2 is 1.69 bits per heavy atom. The van der Waals surface area contributed by atoms with Gasteiger partial charge in [0.1, 0.15) is 6.08 Å². The van der Waals surface area contributed by atoms with Crippen LogP contribution in [0.15, 0.2) is 12.1 Å². The Labute approximate surface area is 229 Å². The molecular weight excluding hydrogens is 446 g/mol. The lowest BCUT2D eigenvalue weighted by atomic mass is 9.34. The summed E-state index contributed by atoms with van der Waals surface area (Å²) in [6.07, 6.45) is -8.51. The van der Waals surface area contributed by atoms with Crippen LogP contribution in [0.25, 0.3) is 0 Å². The lowest BCUT2D eigenvalue weighted by Crippen LogP contribution is -2.88. The van der Waals surface area contributed by atoms with Gasteiger partial charge in [0.25, 0.3) is 0 Å². The van der Waals surface area contributed by atoms with E-state index in [0.717, 1.165) is 6.42 Å². The van der Waals surface area contributed by atoms with Crippen molar-refractivity contribution in [1.29, 1.82) is 0 Å². The second kappa shape index (κ2) is 6.20. The van der Waals surface area contributed by atoms with Gasteiger partial charge in [-0.05, 0) is 85.4 Å². The first-order valence-corrected chi connectivity index (χ1v) is 13.2. The number of aromatic hydroxyl groups is 1. The number of aliphatic hydroxyl groups is 1. The Hall–Kier alpha value is -1.52. The molecule has 5 aliphatic rings. The highest BCUT2D eigenvalue weighted by Crippen LogP contribution is 2.78. The number of ether oxygens (including phenoxy) is 1. The first-order valence-electron chi connectivity index (χ1n) is 17.2. The molecule has 4 heteroatoms. The van der Waals surface area contributed by atoms with Crippen LogP contribution in [0.2, 0.25) is 0 Å². The Balaban J connectivity index is 1.95. The highest BCUT2D eigenvalue weighted by atomic mass is 16.5. The maximum absolute atomic E-state index is 13.8. The predicted octanol–water partition coefficient (Wildman–Crippen LogP) is 6.31. The maximum atomic E-state index is 13.8. The Kier molecular flexibility index (Phi) is 2.95. The van der Waals surface area contributed by atoms with Crippen molar-refractivity contribution in [2.45, 2.75) is 129 Å². The van der Waals surface area contributed by atoms with Crippen LogP contribution in [0.5, 0.6) is 11.5 Å². The minimum atomic E-state index is -3.31. The summed E-state index contributed by atoms with van der Waals surface area (Å²) in [6.45, 7) is 20.1. The van der Waals surface area contributed by atoms with Crippen LogP contribution in [0.3, 0.4) is 0 Å². The molecule has 36 heavy (non-hydrogen) atoms. The molecule has 198 valence electrons. The molecule has 1 aromatic carbocycles. The van der Waals surface area contributed by atoms with Gasteiger partial charge in [-0.15, -0.1) is 0 Å². The highest BCUT2D eigenvalue weighted by molar-refractivity contribution is 5.72. The summed E-state index contributed by atoms with van der Waals surface area (Å²) in [5.74, 6) is -0.487. The number of rotatable bonds is 2. The van der Waals surface area contributed by atoms with Crippen LogP contribution < -0.4 is 4.74 Å². The topological polar surface area (TPSA) is 52.9 Å². The average Bonchev–Trinajstić information content (AvgIpc) is 3.21. The lowest BCUT2D eigenvalue weighted by molar-refractivity contribution is -0.282. The van der Waals surface area contributed by atoms with Crippen LogP contribution in [0.1, 0.15) is 115 Å². The van der Waals surface area contributed by atoms with Gasteiger partial charge in [0.05, 0.1) is 16.5 Å². The number of phenols is 1. The summed E-state index contributed by atoms with van der Waals surface area (Å²) in [5.41, 5.74) is -8.61. The fraction of sp³-hybridized carbons (Fsp3) is 0.750. The molecule has 1 aromatic rings. The van der Waals surface area contributed by atoms with Gasteiger partial charge in [0.2, 0.25) is 0 Å². The molecule has 2 saturated carbocycles. The third-order valence-electron chi connectivity index (χ3n) is 11.9. The summed E-state index contributed by atoms with van der Waals surface area (Å²) in [7, 11) is 0. The van der Waals surface area contributed by atoms with E-state index in [2.05, 4.69) is 20.8 Å². The molecular formula is C32H47NO3. The molecule has 2 aliphatic heterocycles. The van der Waals surface area contributed by atoms with Crippen molar-refractivity contribution in [1.82, 2.24) is 4.90 Å². The third kappa shape index (κ3) is 2.18. The van der Waals surface area contributed by atoms with E-state index < -0.39 is 64.3 Å². The van der Waals surface area contributed by atoms with Gasteiger partial charge in [0.15, 0.2) is 11.5 Å². The molecule has 2 bridgehead atoms. The number of nitrogens with zero attached hydrogens (tertiary/aromatic N) is 1. The highest BCUT2D eigenvalue weighted by Gasteiger charge is 2.84. The van der Waals surface area contributed by atoms with Gasteiger partial charge in [-0.3, -0.25) is 4.90 Å². The first kappa shape index (κ1) is 17.1. The molecule has 4 nitrogen and oxygen atoms in total. The molecule has 2 heterocycles. The quantitative estimate of drug-likeness (QED) is 0.467. The summed E-state index contributed by atoms with van der Waals surface area (Å²) < 4.78 is 82.1. The van der Waals surface area contributed by atoms with Gasteiger partial charge in [-0.25, -0.2) is 0 Å². The molecule has 1 unspecified atom stereocenters. The minimum absolute atomic E-state index is 0.0966. The second-order valence-corrected chi connectivity index (χ2v) is 14.6. The van der Waals surface area contributed by atoms with E-state index in [-0.39, 0.29) is 27.9 Å². The fourth-order valence-corrected chi connectivity index (χ4v) is 8.66. The lowest BCUT2D eigenvalue weighted by Gasteiger charge is -2.77. The smallest absolute Gasteiger partial charge is 0.166 e. The van der Waals surface area contributed by atoms with E-state index >= 15 is 0 Å². The number of phenolic OH excluding ortho intramolecular Hbond substituents is 1. The summed E-state index contributed by atoms with van der Waals surface area (Å²) in [4.78, 5) is 1.88. The molecule has 3 fully saturated rings. The van der Waals surface area contributed by atoms with Gasteiger partial charge < -0.3 is 14.9 Å². The normalized spacial score (nSPS) is 52.1. The van der Waals surface area contributed by atoms with E-state index in [1.807, 2.05) is 18.7 Å². The molecule has 3 aliphatic carbocycles. The van der Waals surface area contributed by atoms with E-state index in [4.69, 9.17) is 7.48 Å². The van der Waals surface area contributed by atoms with Crippen LogP contribution in [-0.2, 0) is 10.8 Å². The standard InChI is InChI=1S/C32H47NO3/c1-17-13-14-31(35)25-27(6,7)20-18(2)19(3)22(34)23-21(20)32(31,24(17)36-23)28(8,9)29(10,11)33(25)16-30(12)15-26(30,4)5/h24-25,34-35H,1,13-16H2,2-12H3/t24-,25+,30?,31+,32-/m0/s1/i1D2,13D2,14D2,24D,25D. The molecule has 6 rings (SSSR count). The monoisotopic (exact) mass is 501 g/mol. The average molecular weight is 502 g/mol. The van der Waals surface area contributed by atoms with E-state index in [1.54, 1.807) is 41.5 Å². The zero-order chi connectivity index (χ0) is 33.8. The van der Waals surface area contributed by atoms with Crippen LogP contribution in [0, 0.1) is 30.1 Å². The summed E-state index contributed by atoms with van der Waals surface area (Å²) in [6, 6.07) is -2.31. The number of piperidine rings is 1. The molecule has 0 aromatic heterocycles. The number of likely N-dealkylation sites (tertiary alicyclic amines) is 1. The Morgan fingerprint density at radius 3 is 2.25 bits per heavy atom. The Bertz CT molecular complexity index is 1600. The minimum Gasteiger partial charge on any atom is -0.504 e. The molecule has 1 spiro atoms. The van der Waals surface area contributed by atoms with Gasteiger partial charge in [0, 0.05) is 34.6 Å². The molecule has 1 saturated heterocycles. The van der Waals surface area contributed by atoms with Crippen LogP contribution >= 0.6 is 0 Å². The molecule has 2 N–H and O–H groups in total. The van der Waals surface area contributed by atoms with Crippen molar-refractivity contribution < 1.29 is 25.9 Å². The Morgan fingerprint density at radius 1 is 1.08 bits per heavy atom. The third-order valence-corrected chi connectivity index (χ3v) is 11.9. The zero-order valence-corrected chi connectivity index (χ0v) is 23.7. The predicted molar refractivity (Wildman–Crippen MR) is 145 cm³/mol. The molecule has 5 atom stereocenters. The zero-order valence-electron chi connectivity index (χ0n) is 31.7. The number of benzene rings is 1. The SMILES string of the molecule is [2H]C([2H])=C1C([2H])([2H])C([2H])([2H])[C@]2(O)[C@]34c5c(c(O)c(C)c(C)c5C(C)(C)[C@@]2([2H])N(CC2(C)CC2(C)C)C(C)(C)C3(C)C)O[C@@]14[2H]. The van der Waals surface area contributed by atoms with Gasteiger partial charge >= 0.3 is 0 Å². The van der Waals surface area contributed by atoms with Crippen molar-refractivity contribution >= 4 is 0 Å². The van der Waals surface area contributed by atoms with Crippen LogP contribution in [0.4, 0.5) is 0 Å². The van der Waals surface area contributed by atoms with E-state index in [0.29, 0.717) is 23.2 Å². The summed E-state index contributed by atoms with van der Waals surface area (Å²) in [5, 5.41) is 25.4. The van der Waals surface area contributed by atoms with Gasteiger partial charge in [-0.2, -0.15) is 0 Å². The second-order valence-electron chi connectivity index (χ2n) is 14.6. The van der Waals surface area contributed by atoms with Crippen molar-refractivity contribution in [2.24, 2.45) is 16.2 Å². The van der Waals surface area contributed by atoms with Crippen LogP contribution in [-0.4, -0.2) is 44.9 Å². The van der Waals surface area contributed by atoms with Crippen molar-refractivity contribution in [3.8, 4) is 11.5 Å². The molecule has 0 radical (unpaired) electrons. The van der Waals surface area contributed by atoms with E-state index in [1.165, 1.54) is 0 Å². The van der Waals surface area contributed by atoms with Crippen molar-refractivity contribution in [3.05, 3.63) is 34.4 Å². The number of hydrogen-bond donors (Lipinski definition) is 2. The van der Waals surface area contributed by atoms with E-state index in [9.17, 15) is 18.4 Å². The largest absolute Gasteiger partial charge is 0.504 e.